The van der Waals surface area contributed by atoms with Gasteiger partial charge in [0.05, 0.1) is 18.7 Å². The Balaban J connectivity index is 2.22. The van der Waals surface area contributed by atoms with E-state index >= 15 is 0 Å². The number of halogens is 4. The van der Waals surface area contributed by atoms with Crippen molar-refractivity contribution in [3.05, 3.63) is 25.9 Å². The predicted octanol–water partition coefficient (Wildman–Crippen LogP) is 4.01. The summed E-state index contributed by atoms with van der Waals surface area (Å²) < 4.78 is 10.3. The van der Waals surface area contributed by atoms with Gasteiger partial charge in [0.15, 0.2) is 0 Å². The van der Waals surface area contributed by atoms with Gasteiger partial charge in [0.2, 0.25) is 0 Å². The molecule has 0 saturated carbocycles. The van der Waals surface area contributed by atoms with Crippen LogP contribution in [0.5, 0.6) is 0 Å². The molecule has 0 spiro atoms. The van der Waals surface area contributed by atoms with Crippen LogP contribution >= 0.6 is 90.4 Å². The summed E-state index contributed by atoms with van der Waals surface area (Å²) in [7, 11) is 0. The van der Waals surface area contributed by atoms with E-state index in [-0.39, 0.29) is 5.97 Å². The smallest absolute Gasteiger partial charge is 0.339 e. The normalized spacial score (nSPS) is 16.6. The van der Waals surface area contributed by atoms with Crippen LogP contribution in [0.1, 0.15) is 37.0 Å². The third-order valence-electron chi connectivity index (χ3n) is 4.10. The summed E-state index contributed by atoms with van der Waals surface area (Å²) in [5.41, 5.74) is 0.277. The van der Waals surface area contributed by atoms with E-state index in [4.69, 9.17) is 4.74 Å². The van der Waals surface area contributed by atoms with Crippen LogP contribution in [0.2, 0.25) is 0 Å². The molecule has 0 radical (unpaired) electrons. The van der Waals surface area contributed by atoms with Crippen molar-refractivity contribution in [1.82, 2.24) is 0 Å². The molecular weight excluding hydrogens is 734 g/mol. The zero-order chi connectivity index (χ0) is 16.5. The van der Waals surface area contributed by atoms with Crippen molar-refractivity contribution in [3.8, 4) is 0 Å². The molecule has 0 unspecified atom stereocenters. The fraction of sp³-hybridized carbons (Fsp3) is 0.533. The molecular formula is C15H18I4NO2+. The number of benzene rings is 1. The molecule has 0 aromatic heterocycles. The second-order valence-electron chi connectivity index (χ2n) is 5.98. The molecule has 1 saturated heterocycles. The monoisotopic (exact) mass is 752 g/mol. The first-order chi connectivity index (χ1) is 10.2. The van der Waals surface area contributed by atoms with E-state index < -0.39 is 5.60 Å². The molecule has 2 rings (SSSR count). The van der Waals surface area contributed by atoms with E-state index in [0.29, 0.717) is 11.5 Å². The molecule has 1 heterocycles. The predicted molar refractivity (Wildman–Crippen MR) is 121 cm³/mol. The van der Waals surface area contributed by atoms with E-state index in [0.717, 1.165) is 36.6 Å². The molecule has 1 aliphatic heterocycles. The molecule has 7 heteroatoms. The zero-order valence-corrected chi connectivity index (χ0v) is 21.0. The van der Waals surface area contributed by atoms with E-state index in [1.54, 1.807) is 0 Å². The maximum absolute atomic E-state index is 12.7. The van der Waals surface area contributed by atoms with Gasteiger partial charge in [0.1, 0.15) is 5.60 Å². The lowest BCUT2D eigenvalue weighted by molar-refractivity contribution is -0.665. The number of esters is 1. The fourth-order valence-electron chi connectivity index (χ4n) is 2.72. The SMILES string of the molecule is CC(C)(OC(=O)c1cc(I)c(I)c(I)c1I)C1CC[NH2+]CC1. The Morgan fingerprint density at radius 3 is 2.32 bits per heavy atom. The lowest BCUT2D eigenvalue weighted by Gasteiger charge is -2.35. The van der Waals surface area contributed by atoms with Gasteiger partial charge >= 0.3 is 5.97 Å². The van der Waals surface area contributed by atoms with Gasteiger partial charge in [-0.1, -0.05) is 0 Å². The number of nitrogens with two attached hydrogens (primary N) is 1. The minimum Gasteiger partial charge on any atom is -0.456 e. The number of quaternary nitrogens is 1. The van der Waals surface area contributed by atoms with Gasteiger partial charge in [-0.3, -0.25) is 0 Å². The second-order valence-corrected chi connectivity index (χ2v) is 10.4. The molecule has 0 amide bonds. The first-order valence-corrected chi connectivity index (χ1v) is 11.4. The number of hydrogen-bond acceptors (Lipinski definition) is 2. The molecule has 0 aliphatic carbocycles. The van der Waals surface area contributed by atoms with Crippen molar-refractivity contribution in [3.63, 3.8) is 0 Å². The summed E-state index contributed by atoms with van der Waals surface area (Å²) in [6.45, 7) is 6.36. The maximum atomic E-state index is 12.7. The average Bonchev–Trinajstić information content (AvgIpc) is 2.49. The Kier molecular flexibility index (Phi) is 7.50. The lowest BCUT2D eigenvalue weighted by Crippen LogP contribution is -2.86. The quantitative estimate of drug-likeness (QED) is 0.220. The number of piperidine rings is 1. The van der Waals surface area contributed by atoms with Gasteiger partial charge < -0.3 is 10.1 Å². The highest BCUT2D eigenvalue weighted by molar-refractivity contribution is 14.1. The van der Waals surface area contributed by atoms with Crippen molar-refractivity contribution in [1.29, 1.82) is 0 Å². The van der Waals surface area contributed by atoms with Crippen molar-refractivity contribution in [2.45, 2.75) is 32.3 Å². The third-order valence-corrected chi connectivity index (χ3v) is 11.4. The molecule has 1 aromatic carbocycles. The van der Waals surface area contributed by atoms with Crippen LogP contribution in [-0.4, -0.2) is 24.7 Å². The van der Waals surface area contributed by atoms with Crippen LogP contribution < -0.4 is 5.32 Å². The van der Waals surface area contributed by atoms with E-state index in [1.165, 1.54) is 3.57 Å². The van der Waals surface area contributed by atoms with E-state index in [9.17, 15) is 4.79 Å². The van der Waals surface area contributed by atoms with Gasteiger partial charge in [-0.05, 0) is 110 Å². The molecule has 1 fully saturated rings. The molecule has 2 N–H and O–H groups in total. The summed E-state index contributed by atoms with van der Waals surface area (Å²) in [4.78, 5) is 12.7. The van der Waals surface area contributed by atoms with E-state index in [2.05, 4.69) is 110 Å². The van der Waals surface area contributed by atoms with Gasteiger partial charge in [-0.15, -0.1) is 0 Å². The van der Waals surface area contributed by atoms with Crippen LogP contribution in [0.3, 0.4) is 0 Å². The number of ether oxygens (including phenoxy) is 1. The summed E-state index contributed by atoms with van der Waals surface area (Å²) in [6, 6.07) is 1.94. The van der Waals surface area contributed by atoms with Crippen molar-refractivity contribution in [2.24, 2.45) is 5.92 Å². The second kappa shape index (κ2) is 8.30. The number of carbonyl (C=O) groups excluding carboxylic acids is 1. The topological polar surface area (TPSA) is 42.9 Å². The molecule has 1 aliphatic rings. The van der Waals surface area contributed by atoms with Crippen LogP contribution in [0.15, 0.2) is 6.07 Å². The Bertz CT molecular complexity index is 583. The van der Waals surface area contributed by atoms with Crippen LogP contribution in [0, 0.1) is 20.2 Å². The average molecular weight is 752 g/mol. The Hall–Kier alpha value is 1.57. The van der Waals surface area contributed by atoms with Gasteiger partial charge in [-0.25, -0.2) is 4.79 Å². The number of carbonyl (C=O) groups is 1. The highest BCUT2D eigenvalue weighted by Crippen LogP contribution is 2.32. The summed E-state index contributed by atoms with van der Waals surface area (Å²) in [5, 5.41) is 2.33. The van der Waals surface area contributed by atoms with Crippen molar-refractivity contribution in [2.75, 3.05) is 13.1 Å². The summed E-state index contributed by atoms with van der Waals surface area (Å²) in [6.07, 6.45) is 2.22. The Morgan fingerprint density at radius 2 is 1.73 bits per heavy atom. The van der Waals surface area contributed by atoms with Crippen LogP contribution in [-0.2, 0) is 4.74 Å². The summed E-state index contributed by atoms with van der Waals surface area (Å²) in [5.74, 6) is 0.247. The Morgan fingerprint density at radius 1 is 1.14 bits per heavy atom. The van der Waals surface area contributed by atoms with Gasteiger partial charge in [0.25, 0.3) is 0 Å². The van der Waals surface area contributed by atoms with Crippen molar-refractivity contribution >= 4 is 96.3 Å². The molecule has 22 heavy (non-hydrogen) atoms. The highest BCUT2D eigenvalue weighted by Gasteiger charge is 2.36. The highest BCUT2D eigenvalue weighted by atomic mass is 127. The van der Waals surface area contributed by atoms with Crippen LogP contribution in [0.25, 0.3) is 0 Å². The summed E-state index contributed by atoms with van der Waals surface area (Å²) >= 11 is 9.15. The fourth-order valence-corrected chi connectivity index (χ4v) is 5.99. The number of rotatable bonds is 3. The minimum atomic E-state index is -0.408. The third kappa shape index (κ3) is 4.59. The molecule has 122 valence electrons. The first kappa shape index (κ1) is 19.9. The molecule has 1 aromatic rings. The van der Waals surface area contributed by atoms with Gasteiger partial charge in [-0.2, -0.15) is 0 Å². The largest absolute Gasteiger partial charge is 0.456 e. The van der Waals surface area contributed by atoms with Crippen LogP contribution in [0.4, 0.5) is 0 Å². The first-order valence-electron chi connectivity index (χ1n) is 7.12. The Labute approximate surface area is 186 Å². The lowest BCUT2D eigenvalue weighted by atomic mass is 9.83. The maximum Gasteiger partial charge on any atom is 0.339 e. The van der Waals surface area contributed by atoms with Gasteiger partial charge in [0, 0.05) is 33.0 Å². The molecule has 3 nitrogen and oxygen atoms in total. The number of hydrogen-bond donors (Lipinski definition) is 1. The zero-order valence-electron chi connectivity index (χ0n) is 12.4. The van der Waals surface area contributed by atoms with E-state index in [1.807, 2.05) is 6.07 Å². The van der Waals surface area contributed by atoms with Crippen molar-refractivity contribution < 1.29 is 14.8 Å². The minimum absolute atomic E-state index is 0.198. The molecule has 0 atom stereocenters. The standard InChI is InChI=1S/C15H17I4NO2/c1-15(2,8-3-5-20-6-4-8)22-14(21)9-7-10(16)12(18)13(19)11(9)17/h7-8,20H,3-6H2,1-2H3/p+1. The molecule has 0 bridgehead atoms.